The zero-order chi connectivity index (χ0) is 21.2. The Balaban J connectivity index is 2.07. The first-order valence-corrected chi connectivity index (χ1v) is 9.59. The topological polar surface area (TPSA) is 79.9 Å². The summed E-state index contributed by atoms with van der Waals surface area (Å²) in [5.41, 5.74) is 7.53. The SMILES string of the molecule is CCNC(=NCC(Cc1ccc(F)cc1)C(N)=O)N(C)Cc1ccc(OC)cc1. The molecule has 0 aliphatic carbocycles. The molecule has 0 aliphatic rings. The first-order valence-electron chi connectivity index (χ1n) is 9.59. The van der Waals surface area contributed by atoms with E-state index in [0.29, 0.717) is 25.5 Å². The predicted octanol–water partition coefficient (Wildman–Crippen LogP) is 2.58. The van der Waals surface area contributed by atoms with Crippen molar-refractivity contribution in [1.29, 1.82) is 0 Å². The van der Waals surface area contributed by atoms with Crippen LogP contribution in [-0.2, 0) is 17.8 Å². The van der Waals surface area contributed by atoms with Crippen LogP contribution in [0.4, 0.5) is 4.39 Å². The summed E-state index contributed by atoms with van der Waals surface area (Å²) in [6.07, 6.45) is 0.417. The van der Waals surface area contributed by atoms with E-state index in [1.807, 2.05) is 43.1 Å². The summed E-state index contributed by atoms with van der Waals surface area (Å²) in [6, 6.07) is 13.9. The van der Waals surface area contributed by atoms with Crippen molar-refractivity contribution in [3.8, 4) is 5.75 Å². The molecule has 29 heavy (non-hydrogen) atoms. The number of hydrogen-bond acceptors (Lipinski definition) is 3. The van der Waals surface area contributed by atoms with E-state index in [4.69, 9.17) is 10.5 Å². The van der Waals surface area contributed by atoms with Gasteiger partial charge in [-0.3, -0.25) is 9.79 Å². The Kier molecular flexibility index (Phi) is 8.45. The maximum Gasteiger partial charge on any atom is 0.222 e. The molecule has 2 aromatic carbocycles. The van der Waals surface area contributed by atoms with E-state index in [9.17, 15) is 9.18 Å². The summed E-state index contributed by atoms with van der Waals surface area (Å²) in [4.78, 5) is 18.5. The molecule has 0 aromatic heterocycles. The molecule has 156 valence electrons. The van der Waals surface area contributed by atoms with Gasteiger partial charge in [0.05, 0.1) is 19.6 Å². The summed E-state index contributed by atoms with van der Waals surface area (Å²) >= 11 is 0. The quantitative estimate of drug-likeness (QED) is 0.501. The number of nitrogens with two attached hydrogens (primary N) is 1. The van der Waals surface area contributed by atoms with Crippen LogP contribution in [0.15, 0.2) is 53.5 Å². The average Bonchev–Trinajstić information content (AvgIpc) is 2.71. The van der Waals surface area contributed by atoms with Crippen LogP contribution in [0.1, 0.15) is 18.1 Å². The van der Waals surface area contributed by atoms with Crippen LogP contribution in [0, 0.1) is 11.7 Å². The molecule has 0 spiro atoms. The minimum Gasteiger partial charge on any atom is -0.497 e. The van der Waals surface area contributed by atoms with Crippen molar-refractivity contribution in [2.75, 3.05) is 27.2 Å². The average molecular weight is 400 g/mol. The van der Waals surface area contributed by atoms with E-state index in [2.05, 4.69) is 10.3 Å². The number of hydrogen-bond donors (Lipinski definition) is 2. The predicted molar refractivity (Wildman–Crippen MR) is 113 cm³/mol. The number of carbonyl (C=O) groups excluding carboxylic acids is 1. The Bertz CT molecular complexity index is 807. The zero-order valence-electron chi connectivity index (χ0n) is 17.2. The zero-order valence-corrected chi connectivity index (χ0v) is 17.2. The summed E-state index contributed by atoms with van der Waals surface area (Å²) in [5.74, 6) is 0.294. The van der Waals surface area contributed by atoms with Crippen LogP contribution in [0.3, 0.4) is 0 Å². The summed E-state index contributed by atoms with van der Waals surface area (Å²) < 4.78 is 18.3. The summed E-state index contributed by atoms with van der Waals surface area (Å²) in [6.45, 7) is 3.59. The maximum absolute atomic E-state index is 13.1. The second-order valence-electron chi connectivity index (χ2n) is 6.83. The van der Waals surface area contributed by atoms with Gasteiger partial charge in [0.25, 0.3) is 0 Å². The van der Waals surface area contributed by atoms with E-state index in [-0.39, 0.29) is 12.4 Å². The van der Waals surface area contributed by atoms with Gasteiger partial charge in [0.2, 0.25) is 5.91 Å². The molecule has 3 N–H and O–H groups in total. The van der Waals surface area contributed by atoms with Crippen molar-refractivity contribution in [3.05, 3.63) is 65.5 Å². The second kappa shape index (κ2) is 11.0. The van der Waals surface area contributed by atoms with Crippen molar-refractivity contribution >= 4 is 11.9 Å². The van der Waals surface area contributed by atoms with Crippen molar-refractivity contribution in [3.63, 3.8) is 0 Å². The molecule has 0 fully saturated rings. The van der Waals surface area contributed by atoms with Crippen LogP contribution in [0.5, 0.6) is 5.75 Å². The van der Waals surface area contributed by atoms with Gasteiger partial charge in [-0.25, -0.2) is 4.39 Å². The number of halogens is 1. The van der Waals surface area contributed by atoms with Gasteiger partial charge in [0, 0.05) is 20.1 Å². The van der Waals surface area contributed by atoms with Crippen molar-refractivity contribution in [2.45, 2.75) is 19.9 Å². The standard InChI is InChI=1S/C22H29FN4O2/c1-4-25-22(27(2)15-17-7-11-20(29-3)12-8-17)26-14-18(21(24)28)13-16-5-9-19(23)10-6-16/h5-12,18H,4,13-15H2,1-3H3,(H2,24,28)(H,25,26). The molecule has 0 saturated heterocycles. The molecule has 7 heteroatoms. The molecular formula is C22H29FN4O2. The van der Waals surface area contributed by atoms with Crippen molar-refractivity contribution in [1.82, 2.24) is 10.2 Å². The molecule has 2 aromatic rings. The fraction of sp³-hybridized carbons (Fsp3) is 0.364. The van der Waals surface area contributed by atoms with Gasteiger partial charge in [0.1, 0.15) is 11.6 Å². The van der Waals surface area contributed by atoms with Gasteiger partial charge >= 0.3 is 0 Å². The van der Waals surface area contributed by atoms with E-state index in [0.717, 1.165) is 16.9 Å². The lowest BCUT2D eigenvalue weighted by Gasteiger charge is -2.23. The number of aliphatic imine (C=N–C) groups is 1. The van der Waals surface area contributed by atoms with Gasteiger partial charge in [-0.2, -0.15) is 0 Å². The van der Waals surface area contributed by atoms with Crippen molar-refractivity contribution in [2.24, 2.45) is 16.6 Å². The van der Waals surface area contributed by atoms with Gasteiger partial charge in [-0.15, -0.1) is 0 Å². The number of amides is 1. The Labute approximate surface area is 171 Å². The number of benzene rings is 2. The molecule has 0 heterocycles. The third-order valence-corrected chi connectivity index (χ3v) is 4.53. The van der Waals surface area contributed by atoms with Crippen molar-refractivity contribution < 1.29 is 13.9 Å². The van der Waals surface area contributed by atoms with Gasteiger partial charge in [0.15, 0.2) is 5.96 Å². The lowest BCUT2D eigenvalue weighted by Crippen LogP contribution is -2.39. The lowest BCUT2D eigenvalue weighted by molar-refractivity contribution is -0.121. The highest BCUT2D eigenvalue weighted by atomic mass is 19.1. The molecule has 2 rings (SSSR count). The maximum atomic E-state index is 13.1. The van der Waals surface area contributed by atoms with Gasteiger partial charge in [-0.1, -0.05) is 24.3 Å². The molecular weight excluding hydrogens is 371 g/mol. The van der Waals surface area contributed by atoms with Crippen LogP contribution in [0.2, 0.25) is 0 Å². The molecule has 1 atom stereocenters. The minimum absolute atomic E-state index is 0.252. The Morgan fingerprint density at radius 1 is 1.17 bits per heavy atom. The van der Waals surface area contributed by atoms with E-state index in [1.54, 1.807) is 19.2 Å². The molecule has 1 unspecified atom stereocenters. The highest BCUT2D eigenvalue weighted by Crippen LogP contribution is 2.13. The van der Waals surface area contributed by atoms with Crippen LogP contribution < -0.4 is 15.8 Å². The Hall–Kier alpha value is -3.09. The second-order valence-corrected chi connectivity index (χ2v) is 6.83. The van der Waals surface area contributed by atoms with Gasteiger partial charge < -0.3 is 20.7 Å². The largest absolute Gasteiger partial charge is 0.497 e. The van der Waals surface area contributed by atoms with E-state index in [1.165, 1.54) is 12.1 Å². The van der Waals surface area contributed by atoms with Crippen LogP contribution in [0.25, 0.3) is 0 Å². The molecule has 0 bridgehead atoms. The number of nitrogens with one attached hydrogen (secondary N) is 1. The first kappa shape index (κ1) is 22.2. The molecule has 0 radical (unpaired) electrons. The number of nitrogens with zero attached hydrogens (tertiary/aromatic N) is 2. The smallest absolute Gasteiger partial charge is 0.222 e. The number of rotatable bonds is 9. The molecule has 1 amide bonds. The van der Waals surface area contributed by atoms with E-state index < -0.39 is 11.8 Å². The van der Waals surface area contributed by atoms with Gasteiger partial charge in [-0.05, 0) is 48.7 Å². The van der Waals surface area contributed by atoms with E-state index >= 15 is 0 Å². The highest BCUT2D eigenvalue weighted by Gasteiger charge is 2.17. The highest BCUT2D eigenvalue weighted by molar-refractivity contribution is 5.81. The van der Waals surface area contributed by atoms with Crippen LogP contribution >= 0.6 is 0 Å². The summed E-state index contributed by atoms with van der Waals surface area (Å²) in [5, 5.41) is 3.24. The Morgan fingerprint density at radius 2 is 1.79 bits per heavy atom. The minimum atomic E-state index is -0.469. The third kappa shape index (κ3) is 7.10. The molecule has 0 aliphatic heterocycles. The number of primary amides is 1. The number of ether oxygens (including phenoxy) is 1. The number of methoxy groups -OCH3 is 1. The molecule has 6 nitrogen and oxygen atoms in total. The monoisotopic (exact) mass is 400 g/mol. The summed E-state index contributed by atoms with van der Waals surface area (Å²) in [7, 11) is 3.57. The normalized spacial score (nSPS) is 12.3. The fourth-order valence-electron chi connectivity index (χ4n) is 2.91. The fourth-order valence-corrected chi connectivity index (χ4v) is 2.91. The first-order chi connectivity index (χ1) is 13.9. The number of guanidine groups is 1. The van der Waals surface area contributed by atoms with Crippen LogP contribution in [-0.4, -0.2) is 44.0 Å². The lowest BCUT2D eigenvalue weighted by atomic mass is 9.99. The third-order valence-electron chi connectivity index (χ3n) is 4.53. The Morgan fingerprint density at radius 3 is 2.34 bits per heavy atom. The number of carbonyl (C=O) groups is 1. The molecule has 0 saturated carbocycles.